The summed E-state index contributed by atoms with van der Waals surface area (Å²) in [6, 6.07) is 7.12. The van der Waals surface area contributed by atoms with E-state index in [-0.39, 0.29) is 17.8 Å². The highest BCUT2D eigenvalue weighted by Crippen LogP contribution is 2.21. The first-order chi connectivity index (χ1) is 12.0. The minimum atomic E-state index is -0.321. The number of hydrogen-bond acceptors (Lipinski definition) is 6. The fourth-order valence-electron chi connectivity index (χ4n) is 2.65. The zero-order valence-electron chi connectivity index (χ0n) is 13.9. The number of carbonyl (C=O) groups is 1. The van der Waals surface area contributed by atoms with E-state index in [2.05, 4.69) is 9.97 Å². The van der Waals surface area contributed by atoms with Crippen LogP contribution in [0.1, 0.15) is 6.92 Å². The first kappa shape index (κ1) is 17.1. The van der Waals surface area contributed by atoms with Gasteiger partial charge in [0, 0.05) is 38.4 Å². The third-order valence-corrected chi connectivity index (χ3v) is 4.21. The van der Waals surface area contributed by atoms with Gasteiger partial charge in [0.15, 0.2) is 0 Å². The summed E-state index contributed by atoms with van der Waals surface area (Å²) in [6.45, 7) is 4.61. The van der Waals surface area contributed by atoms with Crippen LogP contribution in [-0.4, -0.2) is 53.0 Å². The predicted molar refractivity (Wildman–Crippen MR) is 90.9 cm³/mol. The van der Waals surface area contributed by atoms with Crippen molar-refractivity contribution in [1.29, 1.82) is 0 Å². The third-order valence-electron chi connectivity index (χ3n) is 4.21. The summed E-state index contributed by atoms with van der Waals surface area (Å²) in [5, 5.41) is 0. The van der Waals surface area contributed by atoms with Gasteiger partial charge in [-0.1, -0.05) is 0 Å². The number of aromatic nitrogens is 2. The van der Waals surface area contributed by atoms with E-state index < -0.39 is 0 Å². The van der Waals surface area contributed by atoms with Crippen LogP contribution in [0.3, 0.4) is 0 Å². The molecule has 2 heterocycles. The Bertz CT molecular complexity index is 732. The molecule has 8 heteroatoms. The van der Waals surface area contributed by atoms with Gasteiger partial charge < -0.3 is 15.4 Å². The molecule has 1 aromatic heterocycles. The largest absolute Gasteiger partial charge is 0.439 e. The van der Waals surface area contributed by atoms with Crippen molar-refractivity contribution in [2.75, 3.05) is 31.1 Å². The van der Waals surface area contributed by atoms with Crippen LogP contribution in [0.2, 0.25) is 0 Å². The maximum Gasteiger partial charge on any atom is 0.234 e. The molecule has 1 aliphatic heterocycles. The topological polar surface area (TPSA) is 84.6 Å². The lowest BCUT2D eigenvalue weighted by Gasteiger charge is -2.36. The van der Waals surface area contributed by atoms with Crippen LogP contribution in [0.15, 0.2) is 36.5 Å². The summed E-state index contributed by atoms with van der Waals surface area (Å²) in [5.41, 5.74) is 5.36. The van der Waals surface area contributed by atoms with E-state index in [1.54, 1.807) is 24.4 Å². The number of nitrogens with two attached hydrogens (primary N) is 1. The first-order valence-electron chi connectivity index (χ1n) is 8.08. The lowest BCUT2D eigenvalue weighted by Crippen LogP contribution is -2.53. The maximum absolute atomic E-state index is 12.9. The van der Waals surface area contributed by atoms with E-state index >= 15 is 0 Å². The zero-order chi connectivity index (χ0) is 17.8. The van der Waals surface area contributed by atoms with Crippen molar-refractivity contribution in [1.82, 2.24) is 14.9 Å². The van der Waals surface area contributed by atoms with Crippen LogP contribution in [-0.2, 0) is 4.79 Å². The molecule has 0 radical (unpaired) electrons. The smallest absolute Gasteiger partial charge is 0.234 e. The minimum absolute atomic E-state index is 0.281. The van der Waals surface area contributed by atoms with E-state index in [0.29, 0.717) is 43.8 Å². The molecular formula is C17H20FN5O2. The summed E-state index contributed by atoms with van der Waals surface area (Å²) in [5.74, 6) is 0.819. The molecule has 1 atom stereocenters. The number of primary amides is 1. The quantitative estimate of drug-likeness (QED) is 0.882. The average molecular weight is 345 g/mol. The summed E-state index contributed by atoms with van der Waals surface area (Å²) >= 11 is 0. The number of amides is 1. The normalized spacial score (nSPS) is 16.5. The molecule has 2 aromatic rings. The number of ether oxygens (including phenoxy) is 1. The van der Waals surface area contributed by atoms with Gasteiger partial charge in [0.2, 0.25) is 17.7 Å². The standard InChI is InChI=1S/C17H20FN5O2/c1-12(16(19)24)22-8-10-23(11-9-22)17-20-7-6-15(21-17)25-14-4-2-13(18)3-5-14/h2-7,12H,8-11H2,1H3,(H2,19,24). The van der Waals surface area contributed by atoms with Gasteiger partial charge in [-0.05, 0) is 31.2 Å². The van der Waals surface area contributed by atoms with Crippen molar-refractivity contribution in [3.63, 3.8) is 0 Å². The lowest BCUT2D eigenvalue weighted by atomic mass is 10.2. The van der Waals surface area contributed by atoms with Gasteiger partial charge in [0.25, 0.3) is 0 Å². The molecule has 1 aliphatic rings. The Morgan fingerprint density at radius 3 is 2.52 bits per heavy atom. The maximum atomic E-state index is 12.9. The van der Waals surface area contributed by atoms with Gasteiger partial charge in [-0.2, -0.15) is 4.98 Å². The van der Waals surface area contributed by atoms with Crippen molar-refractivity contribution >= 4 is 11.9 Å². The van der Waals surface area contributed by atoms with E-state index in [1.807, 2.05) is 16.7 Å². The average Bonchev–Trinajstić information content (AvgIpc) is 2.63. The summed E-state index contributed by atoms with van der Waals surface area (Å²) in [6.07, 6.45) is 1.62. The second-order valence-electron chi connectivity index (χ2n) is 5.85. The molecule has 3 rings (SSSR count). The number of carbonyl (C=O) groups excluding carboxylic acids is 1. The Kier molecular flexibility index (Phi) is 5.08. The monoisotopic (exact) mass is 345 g/mol. The van der Waals surface area contributed by atoms with Gasteiger partial charge >= 0.3 is 0 Å². The van der Waals surface area contributed by atoms with Crippen LogP contribution in [0.5, 0.6) is 11.6 Å². The minimum Gasteiger partial charge on any atom is -0.439 e. The number of rotatable bonds is 5. The molecule has 1 saturated heterocycles. The molecule has 0 spiro atoms. The first-order valence-corrected chi connectivity index (χ1v) is 8.08. The van der Waals surface area contributed by atoms with Crippen LogP contribution >= 0.6 is 0 Å². The van der Waals surface area contributed by atoms with E-state index in [0.717, 1.165) is 0 Å². The Hall–Kier alpha value is -2.74. The Morgan fingerprint density at radius 2 is 1.88 bits per heavy atom. The SMILES string of the molecule is CC(C(N)=O)N1CCN(c2nccc(Oc3ccc(F)cc3)n2)CC1. The third kappa shape index (κ3) is 4.21. The fourth-order valence-corrected chi connectivity index (χ4v) is 2.65. The lowest BCUT2D eigenvalue weighted by molar-refractivity contribution is -0.122. The molecule has 2 N–H and O–H groups in total. The van der Waals surface area contributed by atoms with Crippen molar-refractivity contribution in [2.24, 2.45) is 5.73 Å². The van der Waals surface area contributed by atoms with Gasteiger partial charge in [-0.25, -0.2) is 9.37 Å². The number of benzene rings is 1. The van der Waals surface area contributed by atoms with Crippen LogP contribution in [0.4, 0.5) is 10.3 Å². The Morgan fingerprint density at radius 1 is 1.20 bits per heavy atom. The molecule has 0 saturated carbocycles. The molecule has 1 aromatic carbocycles. The number of nitrogens with zero attached hydrogens (tertiary/aromatic N) is 4. The van der Waals surface area contributed by atoms with E-state index in [4.69, 9.17) is 10.5 Å². The number of piperazine rings is 1. The molecule has 0 aliphatic carbocycles. The molecule has 132 valence electrons. The highest BCUT2D eigenvalue weighted by Gasteiger charge is 2.25. The molecule has 25 heavy (non-hydrogen) atoms. The Labute approximate surface area is 145 Å². The molecule has 1 fully saturated rings. The van der Waals surface area contributed by atoms with Crippen LogP contribution in [0, 0.1) is 5.82 Å². The van der Waals surface area contributed by atoms with Crippen LogP contribution < -0.4 is 15.4 Å². The van der Waals surface area contributed by atoms with Crippen LogP contribution in [0.25, 0.3) is 0 Å². The molecular weight excluding hydrogens is 325 g/mol. The van der Waals surface area contributed by atoms with Crippen molar-refractivity contribution in [3.05, 3.63) is 42.3 Å². The van der Waals surface area contributed by atoms with Gasteiger partial charge in [0.05, 0.1) is 6.04 Å². The highest BCUT2D eigenvalue weighted by atomic mass is 19.1. The second-order valence-corrected chi connectivity index (χ2v) is 5.85. The van der Waals surface area contributed by atoms with Crippen molar-refractivity contribution in [3.8, 4) is 11.6 Å². The zero-order valence-corrected chi connectivity index (χ0v) is 13.9. The number of halogens is 1. The van der Waals surface area contributed by atoms with E-state index in [1.165, 1.54) is 12.1 Å². The van der Waals surface area contributed by atoms with Gasteiger partial charge in [-0.3, -0.25) is 9.69 Å². The van der Waals surface area contributed by atoms with E-state index in [9.17, 15) is 9.18 Å². The molecule has 0 bridgehead atoms. The van der Waals surface area contributed by atoms with Gasteiger partial charge in [-0.15, -0.1) is 0 Å². The van der Waals surface area contributed by atoms with Gasteiger partial charge in [0.1, 0.15) is 11.6 Å². The van der Waals surface area contributed by atoms with Crippen molar-refractivity contribution < 1.29 is 13.9 Å². The predicted octanol–water partition coefficient (Wildman–Crippen LogP) is 1.40. The summed E-state index contributed by atoms with van der Waals surface area (Å²) in [4.78, 5) is 24.1. The number of anilines is 1. The summed E-state index contributed by atoms with van der Waals surface area (Å²) in [7, 11) is 0. The highest BCUT2D eigenvalue weighted by molar-refractivity contribution is 5.79. The fraction of sp³-hybridized carbons (Fsp3) is 0.353. The molecule has 1 unspecified atom stereocenters. The Balaban J connectivity index is 1.64. The summed E-state index contributed by atoms with van der Waals surface area (Å²) < 4.78 is 18.6. The number of hydrogen-bond donors (Lipinski definition) is 1. The molecule has 1 amide bonds. The second kappa shape index (κ2) is 7.43. The van der Waals surface area contributed by atoms with Crippen molar-refractivity contribution in [2.45, 2.75) is 13.0 Å². The molecule has 7 nitrogen and oxygen atoms in total.